The van der Waals surface area contributed by atoms with Crippen LogP contribution in [-0.4, -0.2) is 12.0 Å². The van der Waals surface area contributed by atoms with Crippen LogP contribution in [0.1, 0.15) is 11.6 Å². The molecule has 1 aromatic carbocycles. The second-order valence-corrected chi connectivity index (χ2v) is 3.37. The number of halogens is 1. The summed E-state index contributed by atoms with van der Waals surface area (Å²) in [7, 11) is 0. The minimum absolute atomic E-state index is 0. The SMILES string of the molecule is O=C([O-])[C@H]1N[C@H]1c1ccccc1Cl.[Na+]. The maximum Gasteiger partial charge on any atom is 1.00 e. The number of hydrogen-bond acceptors (Lipinski definition) is 3. The summed E-state index contributed by atoms with van der Waals surface area (Å²) >= 11 is 5.88. The number of carboxylic acids is 1. The van der Waals surface area contributed by atoms with E-state index < -0.39 is 12.0 Å². The first-order chi connectivity index (χ1) is 6.20. The average Bonchev–Trinajstić information content (AvgIpc) is 2.84. The molecule has 0 radical (unpaired) electrons. The summed E-state index contributed by atoms with van der Waals surface area (Å²) in [6.07, 6.45) is 0. The van der Waals surface area contributed by atoms with E-state index in [1.165, 1.54) is 0 Å². The number of aliphatic carboxylic acids is 1. The zero-order valence-corrected chi connectivity index (χ0v) is 10.4. The zero-order chi connectivity index (χ0) is 9.42. The molecule has 1 fully saturated rings. The number of benzene rings is 1. The van der Waals surface area contributed by atoms with E-state index in [-0.39, 0.29) is 35.6 Å². The molecule has 0 aromatic heterocycles. The molecule has 1 saturated heterocycles. The molecule has 3 nitrogen and oxygen atoms in total. The van der Waals surface area contributed by atoms with Gasteiger partial charge in [-0.3, -0.25) is 5.32 Å². The minimum Gasteiger partial charge on any atom is -0.548 e. The largest absolute Gasteiger partial charge is 1.00 e. The van der Waals surface area contributed by atoms with Gasteiger partial charge in [0, 0.05) is 5.02 Å². The van der Waals surface area contributed by atoms with E-state index in [2.05, 4.69) is 5.32 Å². The maximum atomic E-state index is 10.4. The van der Waals surface area contributed by atoms with E-state index in [0.717, 1.165) is 5.56 Å². The quantitative estimate of drug-likeness (QED) is 0.429. The maximum absolute atomic E-state index is 10.4. The van der Waals surface area contributed by atoms with Gasteiger partial charge in [-0.2, -0.15) is 0 Å². The van der Waals surface area contributed by atoms with Gasteiger partial charge in [-0.1, -0.05) is 29.8 Å². The summed E-state index contributed by atoms with van der Waals surface area (Å²) < 4.78 is 0. The molecule has 0 aliphatic carbocycles. The van der Waals surface area contributed by atoms with Crippen molar-refractivity contribution in [3.05, 3.63) is 34.9 Å². The molecule has 0 bridgehead atoms. The Morgan fingerprint density at radius 3 is 2.57 bits per heavy atom. The zero-order valence-electron chi connectivity index (χ0n) is 7.66. The normalized spacial score (nSPS) is 23.8. The number of nitrogens with one attached hydrogen (secondary N) is 1. The number of carboxylic acid groups (broad SMARTS) is 1. The summed E-state index contributed by atoms with van der Waals surface area (Å²) in [6.45, 7) is 0. The molecule has 1 aliphatic heterocycles. The van der Waals surface area contributed by atoms with Crippen molar-refractivity contribution in [1.29, 1.82) is 0 Å². The van der Waals surface area contributed by atoms with Gasteiger partial charge in [-0.15, -0.1) is 0 Å². The van der Waals surface area contributed by atoms with Crippen LogP contribution in [0.15, 0.2) is 24.3 Å². The molecule has 1 N–H and O–H groups in total. The molecule has 0 unspecified atom stereocenters. The molecule has 5 heteroatoms. The van der Waals surface area contributed by atoms with Crippen molar-refractivity contribution in [3.8, 4) is 0 Å². The van der Waals surface area contributed by atoms with Gasteiger partial charge in [0.05, 0.1) is 18.1 Å². The van der Waals surface area contributed by atoms with Crippen LogP contribution < -0.4 is 40.0 Å². The van der Waals surface area contributed by atoms with Gasteiger partial charge in [0.1, 0.15) is 0 Å². The van der Waals surface area contributed by atoms with Crippen molar-refractivity contribution >= 4 is 17.6 Å². The number of carbonyl (C=O) groups is 1. The van der Waals surface area contributed by atoms with Gasteiger partial charge < -0.3 is 9.90 Å². The van der Waals surface area contributed by atoms with E-state index in [1.54, 1.807) is 6.07 Å². The van der Waals surface area contributed by atoms with E-state index in [9.17, 15) is 9.90 Å². The van der Waals surface area contributed by atoms with Crippen LogP contribution in [0.25, 0.3) is 0 Å². The molecule has 1 aliphatic rings. The average molecular weight is 220 g/mol. The molecule has 0 spiro atoms. The van der Waals surface area contributed by atoms with Crippen LogP contribution in [-0.2, 0) is 4.79 Å². The second-order valence-electron chi connectivity index (χ2n) is 2.96. The number of carbonyl (C=O) groups excluding carboxylic acids is 1. The van der Waals surface area contributed by atoms with Crippen LogP contribution in [0, 0.1) is 0 Å². The predicted molar refractivity (Wildman–Crippen MR) is 46.1 cm³/mol. The van der Waals surface area contributed by atoms with Crippen molar-refractivity contribution in [2.45, 2.75) is 12.1 Å². The van der Waals surface area contributed by atoms with Crippen LogP contribution in [0.5, 0.6) is 0 Å². The Hall–Kier alpha value is -0.0600. The summed E-state index contributed by atoms with van der Waals surface area (Å²) in [5.41, 5.74) is 0.818. The Morgan fingerprint density at radius 1 is 1.43 bits per heavy atom. The fraction of sp³-hybridized carbons (Fsp3) is 0.222. The van der Waals surface area contributed by atoms with Crippen molar-refractivity contribution in [2.75, 3.05) is 0 Å². The summed E-state index contributed by atoms with van der Waals surface area (Å²) in [6, 6.07) is 6.42. The monoisotopic (exact) mass is 219 g/mol. The van der Waals surface area contributed by atoms with Gasteiger partial charge in [-0.25, -0.2) is 0 Å². The van der Waals surface area contributed by atoms with Crippen LogP contribution >= 0.6 is 11.6 Å². The van der Waals surface area contributed by atoms with Crippen molar-refractivity contribution in [1.82, 2.24) is 5.32 Å². The Bertz CT molecular complexity index is 358. The van der Waals surface area contributed by atoms with E-state index in [1.807, 2.05) is 18.2 Å². The first kappa shape index (κ1) is 12.0. The fourth-order valence-electron chi connectivity index (χ4n) is 1.34. The Morgan fingerprint density at radius 2 is 2.07 bits per heavy atom. The van der Waals surface area contributed by atoms with Gasteiger partial charge in [0.2, 0.25) is 0 Å². The van der Waals surface area contributed by atoms with Crippen molar-refractivity contribution in [2.24, 2.45) is 0 Å². The van der Waals surface area contributed by atoms with Gasteiger partial charge in [0.25, 0.3) is 0 Å². The van der Waals surface area contributed by atoms with Gasteiger partial charge >= 0.3 is 29.6 Å². The second kappa shape index (κ2) is 4.64. The third-order valence-corrected chi connectivity index (χ3v) is 2.42. The topological polar surface area (TPSA) is 62.1 Å². The molecular formula is C9H7ClNNaO2. The first-order valence-corrected chi connectivity index (χ1v) is 4.29. The predicted octanol–water partition coefficient (Wildman–Crippen LogP) is -2.89. The summed E-state index contributed by atoms with van der Waals surface area (Å²) in [4.78, 5) is 10.4. The molecule has 2 atom stereocenters. The Balaban J connectivity index is 0.000000980. The van der Waals surface area contributed by atoms with Crippen molar-refractivity contribution in [3.63, 3.8) is 0 Å². The van der Waals surface area contributed by atoms with Crippen LogP contribution in [0.4, 0.5) is 0 Å². The molecule has 68 valence electrons. The Labute approximate surface area is 109 Å². The van der Waals surface area contributed by atoms with E-state index >= 15 is 0 Å². The number of hydrogen-bond donors (Lipinski definition) is 1. The van der Waals surface area contributed by atoms with Crippen molar-refractivity contribution < 1.29 is 39.5 Å². The number of rotatable bonds is 2. The summed E-state index contributed by atoms with van der Waals surface area (Å²) in [5, 5.41) is 13.8. The van der Waals surface area contributed by atoms with Gasteiger partial charge in [-0.05, 0) is 11.6 Å². The molecule has 0 amide bonds. The Kier molecular flexibility index (Phi) is 3.98. The van der Waals surface area contributed by atoms with E-state index in [0.29, 0.717) is 5.02 Å². The molecule has 2 rings (SSSR count). The molecule has 1 heterocycles. The van der Waals surface area contributed by atoms with Gasteiger partial charge in [0.15, 0.2) is 0 Å². The third kappa shape index (κ3) is 2.30. The molecule has 14 heavy (non-hydrogen) atoms. The molecule has 1 aromatic rings. The van der Waals surface area contributed by atoms with E-state index in [4.69, 9.17) is 11.6 Å². The third-order valence-electron chi connectivity index (χ3n) is 2.08. The van der Waals surface area contributed by atoms with Crippen LogP contribution in [0.3, 0.4) is 0 Å². The molecule has 0 saturated carbocycles. The first-order valence-electron chi connectivity index (χ1n) is 3.91. The minimum atomic E-state index is -1.08. The molecular weight excluding hydrogens is 213 g/mol. The standard InChI is InChI=1S/C9H8ClNO2.Na/c10-6-4-2-1-3-5(6)7-8(11-7)9(12)13;/h1-4,7-8,11H,(H,12,13);/q;+1/p-1/t7-,8-;/m0./s1. The summed E-state index contributed by atoms with van der Waals surface area (Å²) in [5.74, 6) is -1.08. The van der Waals surface area contributed by atoms with Crippen LogP contribution in [0.2, 0.25) is 5.02 Å². The smallest absolute Gasteiger partial charge is 0.548 e. The fourth-order valence-corrected chi connectivity index (χ4v) is 1.59.